The van der Waals surface area contributed by atoms with E-state index in [1.807, 2.05) is 0 Å². The van der Waals surface area contributed by atoms with Crippen LogP contribution in [0.15, 0.2) is 0 Å². The first-order valence-electron chi connectivity index (χ1n) is 2.43. The van der Waals surface area contributed by atoms with Gasteiger partial charge < -0.3 is 5.73 Å². The number of carbonyl (C=O) groups excluding carboxylic acids is 2. The number of carbonyl (C=O) groups is 2. The number of hydrogen-bond acceptors (Lipinski definition) is 4. The van der Waals surface area contributed by atoms with E-state index in [1.165, 1.54) is 0 Å². The third kappa shape index (κ3) is 1.06. The van der Waals surface area contributed by atoms with Gasteiger partial charge in [0, 0.05) is 0 Å². The fourth-order valence-corrected chi connectivity index (χ4v) is 1.29. The van der Waals surface area contributed by atoms with E-state index in [9.17, 15) is 9.59 Å². The van der Waals surface area contributed by atoms with Crippen LogP contribution in [0.2, 0.25) is 0 Å². The molecule has 0 aromatic rings. The Morgan fingerprint density at radius 3 is 2.56 bits per heavy atom. The molecule has 0 aliphatic carbocycles. The summed E-state index contributed by atoms with van der Waals surface area (Å²) in [5.41, 5.74) is 5.09. The summed E-state index contributed by atoms with van der Waals surface area (Å²) < 4.78 is 0. The average Bonchev–Trinajstić information content (AvgIpc) is 2.12. The van der Waals surface area contributed by atoms with E-state index >= 15 is 0 Å². The molecule has 0 saturated carbocycles. The van der Waals surface area contributed by atoms with Gasteiger partial charge in [-0.2, -0.15) is 0 Å². The maximum atomic E-state index is 10.6. The zero-order valence-electron chi connectivity index (χ0n) is 4.66. The summed E-state index contributed by atoms with van der Waals surface area (Å²) in [7, 11) is 0. The maximum absolute atomic E-state index is 10.6. The first-order chi connectivity index (χ1) is 4.25. The van der Waals surface area contributed by atoms with E-state index in [-0.39, 0.29) is 23.6 Å². The molecule has 4 nitrogen and oxygen atoms in total. The molecule has 1 rings (SSSR count). The highest BCUT2D eigenvalue weighted by Crippen LogP contribution is 2.16. The Bertz CT molecular complexity index is 143. The maximum Gasteiger partial charge on any atom is 0.289 e. The normalized spacial score (nSPS) is 19.4. The van der Waals surface area contributed by atoms with Crippen molar-refractivity contribution >= 4 is 22.9 Å². The quantitative estimate of drug-likeness (QED) is 0.546. The Morgan fingerprint density at radius 1 is 1.67 bits per heavy atom. The molecule has 1 aliphatic heterocycles. The third-order valence-corrected chi connectivity index (χ3v) is 1.88. The highest BCUT2D eigenvalue weighted by atomic mass is 32.2. The molecule has 0 bridgehead atoms. The number of imide groups is 1. The Balaban J connectivity index is 2.66. The fourth-order valence-electron chi connectivity index (χ4n) is 0.557. The van der Waals surface area contributed by atoms with Crippen LogP contribution in [0.5, 0.6) is 0 Å². The van der Waals surface area contributed by atoms with Crippen molar-refractivity contribution in [2.75, 3.05) is 12.4 Å². The molecule has 1 fully saturated rings. The van der Waals surface area contributed by atoms with Gasteiger partial charge in [0.25, 0.3) is 5.24 Å². The number of nitrogens with two attached hydrogens (primary N) is 1. The van der Waals surface area contributed by atoms with Crippen molar-refractivity contribution in [2.24, 2.45) is 5.73 Å². The number of thioether (sulfide) groups is 1. The lowest BCUT2D eigenvalue weighted by atomic mass is 10.6. The van der Waals surface area contributed by atoms with Crippen LogP contribution in [0.3, 0.4) is 0 Å². The van der Waals surface area contributed by atoms with Crippen molar-refractivity contribution in [1.29, 1.82) is 0 Å². The zero-order chi connectivity index (χ0) is 6.85. The summed E-state index contributed by atoms with van der Waals surface area (Å²) in [4.78, 5) is 22.3. The van der Waals surface area contributed by atoms with Gasteiger partial charge in [-0.1, -0.05) is 11.8 Å². The van der Waals surface area contributed by atoms with Gasteiger partial charge >= 0.3 is 0 Å². The molecule has 2 N–H and O–H groups in total. The number of rotatable bonds is 1. The molecule has 5 heteroatoms. The van der Waals surface area contributed by atoms with Crippen molar-refractivity contribution < 1.29 is 9.59 Å². The second-order valence-electron chi connectivity index (χ2n) is 1.56. The molecule has 0 spiro atoms. The fraction of sp³-hybridized carbons (Fsp3) is 0.500. The summed E-state index contributed by atoms with van der Waals surface area (Å²) in [6, 6.07) is 0. The molecule has 0 atom stereocenters. The van der Waals surface area contributed by atoms with Crippen molar-refractivity contribution in [3.63, 3.8) is 0 Å². The molecule has 9 heavy (non-hydrogen) atoms. The summed E-state index contributed by atoms with van der Waals surface area (Å²) in [5.74, 6) is 0.0586. The molecular formula is C4H6N2O2S. The van der Waals surface area contributed by atoms with Crippen molar-refractivity contribution in [3.05, 3.63) is 0 Å². The van der Waals surface area contributed by atoms with Gasteiger partial charge in [-0.25, -0.2) is 0 Å². The lowest BCUT2D eigenvalue weighted by Gasteiger charge is -2.06. The van der Waals surface area contributed by atoms with Crippen LogP contribution < -0.4 is 5.73 Å². The van der Waals surface area contributed by atoms with Crippen LogP contribution in [-0.2, 0) is 4.79 Å². The minimum Gasteiger partial charge on any atom is -0.313 e. The van der Waals surface area contributed by atoms with E-state index in [0.717, 1.165) is 16.7 Å². The summed E-state index contributed by atoms with van der Waals surface area (Å²) in [5, 5.41) is -0.234. The summed E-state index contributed by atoms with van der Waals surface area (Å²) >= 11 is 0.996. The Labute approximate surface area is 56.4 Å². The average molecular weight is 146 g/mol. The highest BCUT2D eigenvalue weighted by Gasteiger charge is 2.27. The second kappa shape index (κ2) is 2.36. The van der Waals surface area contributed by atoms with Crippen molar-refractivity contribution in [2.45, 2.75) is 0 Å². The molecule has 2 amide bonds. The van der Waals surface area contributed by atoms with E-state index in [0.29, 0.717) is 0 Å². The number of nitrogens with zero attached hydrogens (tertiary/aromatic N) is 1. The Hall–Kier alpha value is -0.550. The minimum atomic E-state index is -0.234. The van der Waals surface area contributed by atoms with Gasteiger partial charge in [-0.3, -0.25) is 14.5 Å². The van der Waals surface area contributed by atoms with Gasteiger partial charge in [0.1, 0.15) is 0 Å². The third-order valence-electron chi connectivity index (χ3n) is 1.02. The number of amides is 2. The predicted octanol–water partition coefficient (Wildman–Crippen LogP) is -0.402. The van der Waals surface area contributed by atoms with Crippen LogP contribution in [0.4, 0.5) is 4.79 Å². The van der Waals surface area contributed by atoms with E-state index in [4.69, 9.17) is 5.73 Å². The largest absolute Gasteiger partial charge is 0.313 e. The van der Waals surface area contributed by atoms with E-state index in [2.05, 4.69) is 0 Å². The zero-order valence-corrected chi connectivity index (χ0v) is 5.48. The molecule has 0 radical (unpaired) electrons. The predicted molar refractivity (Wildman–Crippen MR) is 33.8 cm³/mol. The topological polar surface area (TPSA) is 63.4 Å². The van der Waals surface area contributed by atoms with Crippen LogP contribution in [-0.4, -0.2) is 28.5 Å². The Morgan fingerprint density at radius 2 is 2.33 bits per heavy atom. The van der Waals surface area contributed by atoms with Gasteiger partial charge in [0.15, 0.2) is 0 Å². The number of hydrogen-bond donors (Lipinski definition) is 1. The first kappa shape index (κ1) is 6.57. The highest BCUT2D eigenvalue weighted by molar-refractivity contribution is 8.14. The SMILES string of the molecule is NCN1C(=O)CSC1=O. The van der Waals surface area contributed by atoms with Crippen LogP contribution >= 0.6 is 11.8 Å². The molecule has 1 aliphatic rings. The van der Waals surface area contributed by atoms with Gasteiger partial charge in [-0.05, 0) is 0 Å². The van der Waals surface area contributed by atoms with E-state index < -0.39 is 0 Å². The minimum absolute atomic E-state index is 0.00463. The van der Waals surface area contributed by atoms with E-state index in [1.54, 1.807) is 0 Å². The van der Waals surface area contributed by atoms with Gasteiger partial charge in [0.05, 0.1) is 12.4 Å². The lowest BCUT2D eigenvalue weighted by Crippen LogP contribution is -2.33. The second-order valence-corrected chi connectivity index (χ2v) is 2.49. The molecule has 50 valence electrons. The molecule has 0 aromatic carbocycles. The smallest absolute Gasteiger partial charge is 0.289 e. The molecule has 0 aromatic heterocycles. The van der Waals surface area contributed by atoms with Crippen LogP contribution in [0.1, 0.15) is 0 Å². The van der Waals surface area contributed by atoms with Crippen molar-refractivity contribution in [1.82, 2.24) is 4.90 Å². The van der Waals surface area contributed by atoms with Crippen molar-refractivity contribution in [3.8, 4) is 0 Å². The lowest BCUT2D eigenvalue weighted by molar-refractivity contribution is -0.124. The standard InChI is InChI=1S/C4H6N2O2S/c5-2-6-3(7)1-9-4(6)8/h1-2,5H2. The monoisotopic (exact) mass is 146 g/mol. The summed E-state index contributed by atoms with van der Waals surface area (Å²) in [6.45, 7) is 0.00463. The summed E-state index contributed by atoms with van der Waals surface area (Å²) in [6.07, 6.45) is 0. The first-order valence-corrected chi connectivity index (χ1v) is 3.41. The van der Waals surface area contributed by atoms with Crippen LogP contribution in [0.25, 0.3) is 0 Å². The van der Waals surface area contributed by atoms with Gasteiger partial charge in [-0.15, -0.1) is 0 Å². The Kier molecular flexibility index (Phi) is 1.73. The van der Waals surface area contributed by atoms with Gasteiger partial charge in [0.2, 0.25) is 5.91 Å². The molecule has 0 unspecified atom stereocenters. The molecule has 1 saturated heterocycles. The molecule has 1 heterocycles. The molecular weight excluding hydrogens is 140 g/mol. The van der Waals surface area contributed by atoms with Crippen LogP contribution in [0, 0.1) is 0 Å².